The minimum Gasteiger partial charge on any atom is -0.488 e. The molecule has 0 fully saturated rings. The lowest BCUT2D eigenvalue weighted by atomic mass is 10.1. The third kappa shape index (κ3) is 2.39. The first-order valence-electron chi connectivity index (χ1n) is 5.98. The Hall–Kier alpha value is -1.03. The van der Waals surface area contributed by atoms with Gasteiger partial charge in [0.2, 0.25) is 0 Å². The number of benzene rings is 1. The summed E-state index contributed by atoms with van der Waals surface area (Å²) in [5.41, 5.74) is 8.60. The van der Waals surface area contributed by atoms with Crippen molar-refractivity contribution in [2.45, 2.75) is 25.5 Å². The Bertz CT molecular complexity index is 567. The zero-order valence-electron chi connectivity index (χ0n) is 9.86. The van der Waals surface area contributed by atoms with E-state index in [0.717, 1.165) is 27.8 Å². The molecule has 2 N–H and O–H groups in total. The maximum atomic E-state index is 6.01. The Morgan fingerprint density at radius 2 is 2.22 bits per heavy atom. The van der Waals surface area contributed by atoms with Crippen LogP contribution < -0.4 is 10.5 Å². The lowest BCUT2D eigenvalue weighted by Gasteiger charge is -2.08. The van der Waals surface area contributed by atoms with Crippen molar-refractivity contribution >= 4 is 22.9 Å². The van der Waals surface area contributed by atoms with E-state index in [1.807, 2.05) is 18.2 Å². The Morgan fingerprint density at radius 1 is 1.33 bits per heavy atom. The Kier molecular flexibility index (Phi) is 3.29. The molecule has 2 nitrogen and oxygen atoms in total. The van der Waals surface area contributed by atoms with Crippen molar-refractivity contribution in [2.24, 2.45) is 5.73 Å². The highest BCUT2D eigenvalue weighted by molar-refractivity contribution is 7.16. The molecule has 0 spiro atoms. The molecule has 0 bridgehead atoms. The van der Waals surface area contributed by atoms with Gasteiger partial charge in [-0.05, 0) is 48.2 Å². The number of hydrogen-bond acceptors (Lipinski definition) is 3. The van der Waals surface area contributed by atoms with E-state index in [-0.39, 0.29) is 6.04 Å². The van der Waals surface area contributed by atoms with E-state index in [1.54, 1.807) is 11.3 Å². The van der Waals surface area contributed by atoms with Gasteiger partial charge < -0.3 is 10.5 Å². The fourth-order valence-electron chi connectivity index (χ4n) is 2.30. The number of rotatable bonds is 3. The van der Waals surface area contributed by atoms with Crippen molar-refractivity contribution in [3.05, 3.63) is 50.7 Å². The monoisotopic (exact) mass is 279 g/mol. The summed E-state index contributed by atoms with van der Waals surface area (Å²) in [4.78, 5) is 1.14. The van der Waals surface area contributed by atoms with E-state index in [4.69, 9.17) is 22.1 Å². The quantitative estimate of drug-likeness (QED) is 0.924. The highest BCUT2D eigenvalue weighted by Gasteiger charge is 2.19. The minimum atomic E-state index is 0.199. The molecule has 1 aliphatic carbocycles. The molecule has 1 aromatic carbocycles. The molecule has 1 aromatic heterocycles. The molecule has 1 atom stereocenters. The molecule has 0 aliphatic heterocycles. The lowest BCUT2D eigenvalue weighted by molar-refractivity contribution is 0.309. The summed E-state index contributed by atoms with van der Waals surface area (Å²) in [6.45, 7) is 0.572. The number of aryl methyl sites for hydroxylation is 1. The van der Waals surface area contributed by atoms with Gasteiger partial charge >= 0.3 is 0 Å². The topological polar surface area (TPSA) is 35.2 Å². The van der Waals surface area contributed by atoms with Crippen LogP contribution in [0.5, 0.6) is 5.75 Å². The number of ether oxygens (including phenoxy) is 1. The average molecular weight is 280 g/mol. The molecule has 4 heteroatoms. The molecule has 94 valence electrons. The molecule has 1 aliphatic rings. The van der Waals surface area contributed by atoms with Gasteiger partial charge in [0.25, 0.3) is 0 Å². The second kappa shape index (κ2) is 4.92. The first-order valence-corrected chi connectivity index (χ1v) is 7.17. The zero-order chi connectivity index (χ0) is 12.5. The van der Waals surface area contributed by atoms with Crippen LogP contribution in [0.3, 0.4) is 0 Å². The summed E-state index contributed by atoms with van der Waals surface area (Å²) < 4.78 is 6.58. The summed E-state index contributed by atoms with van der Waals surface area (Å²) in [5, 5.41) is 0. The number of nitrogens with two attached hydrogens (primary N) is 1. The first-order chi connectivity index (χ1) is 8.72. The van der Waals surface area contributed by atoms with E-state index in [1.165, 1.54) is 11.1 Å². The van der Waals surface area contributed by atoms with E-state index in [2.05, 4.69) is 12.1 Å². The normalized spacial score (nSPS) is 17.8. The van der Waals surface area contributed by atoms with Gasteiger partial charge in [-0.25, -0.2) is 0 Å². The molecule has 1 heterocycles. The Balaban J connectivity index is 1.70. The van der Waals surface area contributed by atoms with Crippen LogP contribution in [0.25, 0.3) is 0 Å². The lowest BCUT2D eigenvalue weighted by Crippen LogP contribution is -2.04. The van der Waals surface area contributed by atoms with Crippen molar-refractivity contribution in [1.82, 2.24) is 0 Å². The van der Waals surface area contributed by atoms with E-state index >= 15 is 0 Å². The van der Waals surface area contributed by atoms with Gasteiger partial charge in [-0.3, -0.25) is 0 Å². The minimum absolute atomic E-state index is 0.199. The Labute approximate surface area is 115 Å². The van der Waals surface area contributed by atoms with E-state index in [0.29, 0.717) is 6.61 Å². The summed E-state index contributed by atoms with van der Waals surface area (Å²) in [6, 6.07) is 10.3. The highest BCUT2D eigenvalue weighted by Crippen LogP contribution is 2.32. The maximum Gasteiger partial charge on any atom is 0.122 e. The molecule has 3 rings (SSSR count). The van der Waals surface area contributed by atoms with E-state index in [9.17, 15) is 0 Å². The average Bonchev–Trinajstić information content (AvgIpc) is 2.94. The first kappa shape index (κ1) is 12.0. The zero-order valence-corrected chi connectivity index (χ0v) is 11.4. The van der Waals surface area contributed by atoms with Crippen molar-refractivity contribution < 1.29 is 4.74 Å². The second-order valence-electron chi connectivity index (χ2n) is 4.50. The summed E-state index contributed by atoms with van der Waals surface area (Å²) in [6.07, 6.45) is 2.10. The molecule has 0 saturated carbocycles. The van der Waals surface area contributed by atoms with Gasteiger partial charge in [-0.2, -0.15) is 0 Å². The van der Waals surface area contributed by atoms with Crippen molar-refractivity contribution in [3.8, 4) is 5.75 Å². The second-order valence-corrected chi connectivity index (χ2v) is 6.30. The molecular weight excluding hydrogens is 266 g/mol. The van der Waals surface area contributed by atoms with Gasteiger partial charge in [0.1, 0.15) is 12.4 Å². The van der Waals surface area contributed by atoms with Crippen LogP contribution in [-0.2, 0) is 13.0 Å². The number of halogens is 1. The molecule has 2 aromatic rings. The third-order valence-corrected chi connectivity index (χ3v) is 4.45. The number of fused-ring (bicyclic) bond motifs is 1. The number of hydrogen-bond donors (Lipinski definition) is 1. The standard InChI is InChI=1S/C14H14ClNOS/c15-14-6-3-11(18-14)8-17-10-2-4-12-9(7-10)1-5-13(12)16/h2-4,6-7,13H,1,5,8,16H2/t13-/m1/s1. The van der Waals surface area contributed by atoms with Crippen LogP contribution >= 0.6 is 22.9 Å². The fraction of sp³-hybridized carbons (Fsp3) is 0.286. The summed E-state index contributed by atoms with van der Waals surface area (Å²) in [5.74, 6) is 0.910. The SMILES string of the molecule is N[C@@H]1CCc2cc(OCc3ccc(Cl)s3)ccc21. The Morgan fingerprint density at radius 3 is 3.00 bits per heavy atom. The smallest absolute Gasteiger partial charge is 0.122 e. The summed E-state index contributed by atoms with van der Waals surface area (Å²) in [7, 11) is 0. The van der Waals surface area contributed by atoms with Gasteiger partial charge in [-0.1, -0.05) is 17.7 Å². The molecule has 0 unspecified atom stereocenters. The predicted octanol–water partition coefficient (Wildman–Crippen LogP) is 3.93. The number of thiophene rings is 1. The van der Waals surface area contributed by atoms with Crippen LogP contribution in [0.4, 0.5) is 0 Å². The molecule has 0 saturated heterocycles. The van der Waals surface area contributed by atoms with Crippen LogP contribution in [0, 0.1) is 0 Å². The van der Waals surface area contributed by atoms with Gasteiger partial charge in [0, 0.05) is 10.9 Å². The molecule has 0 radical (unpaired) electrons. The highest BCUT2D eigenvalue weighted by atomic mass is 35.5. The van der Waals surface area contributed by atoms with E-state index < -0.39 is 0 Å². The van der Waals surface area contributed by atoms with Crippen LogP contribution in [0.15, 0.2) is 30.3 Å². The van der Waals surface area contributed by atoms with Crippen LogP contribution in [0.2, 0.25) is 4.34 Å². The molecule has 0 amide bonds. The van der Waals surface area contributed by atoms with Crippen LogP contribution in [0.1, 0.15) is 28.5 Å². The summed E-state index contributed by atoms with van der Waals surface area (Å²) >= 11 is 7.44. The third-order valence-electron chi connectivity index (χ3n) is 3.25. The van der Waals surface area contributed by atoms with Crippen molar-refractivity contribution in [3.63, 3.8) is 0 Å². The van der Waals surface area contributed by atoms with Crippen molar-refractivity contribution in [2.75, 3.05) is 0 Å². The van der Waals surface area contributed by atoms with Crippen molar-refractivity contribution in [1.29, 1.82) is 0 Å². The van der Waals surface area contributed by atoms with Crippen LogP contribution in [-0.4, -0.2) is 0 Å². The predicted molar refractivity (Wildman–Crippen MR) is 75.4 cm³/mol. The van der Waals surface area contributed by atoms with Gasteiger partial charge in [0.05, 0.1) is 4.34 Å². The fourth-order valence-corrected chi connectivity index (χ4v) is 3.30. The van der Waals surface area contributed by atoms with Gasteiger partial charge in [-0.15, -0.1) is 11.3 Å². The maximum absolute atomic E-state index is 6.01. The molecule has 18 heavy (non-hydrogen) atoms. The molecular formula is C14H14ClNOS. The largest absolute Gasteiger partial charge is 0.488 e. The van der Waals surface area contributed by atoms with Gasteiger partial charge in [0.15, 0.2) is 0 Å².